The number of piperazine rings is 1. The normalized spacial score (nSPS) is 19.3. The second-order valence-electron chi connectivity index (χ2n) is 7.22. The number of carbonyl (C=O) groups is 3. The summed E-state index contributed by atoms with van der Waals surface area (Å²) < 4.78 is 5.69. The first-order valence-corrected chi connectivity index (χ1v) is 9.22. The number of hydrogen-bond donors (Lipinski definition) is 1. The summed E-state index contributed by atoms with van der Waals surface area (Å²) in [5, 5.41) is 2.59. The highest BCUT2D eigenvalue weighted by Crippen LogP contribution is 2.28. The second kappa shape index (κ2) is 7.46. The van der Waals surface area contributed by atoms with Crippen LogP contribution in [0.25, 0.3) is 0 Å². The van der Waals surface area contributed by atoms with E-state index in [2.05, 4.69) is 10.2 Å². The smallest absolute Gasteiger partial charge is 0.325 e. The fourth-order valence-corrected chi connectivity index (χ4v) is 3.39. The highest BCUT2D eigenvalue weighted by Gasteiger charge is 2.45. The van der Waals surface area contributed by atoms with Crippen LogP contribution in [0, 0.1) is 0 Å². The minimum Gasteiger partial charge on any atom is -0.492 e. The number of nitrogens with one attached hydrogen (secondary N) is 1. The lowest BCUT2D eigenvalue weighted by Gasteiger charge is -2.37. The molecule has 3 rings (SSSR count). The number of amides is 4. The van der Waals surface area contributed by atoms with E-state index in [0.717, 1.165) is 16.3 Å². The predicted octanol–water partition coefficient (Wildman–Crippen LogP) is 1.06. The van der Waals surface area contributed by atoms with E-state index in [4.69, 9.17) is 4.74 Å². The van der Waals surface area contributed by atoms with Gasteiger partial charge in [-0.1, -0.05) is 12.1 Å². The second-order valence-corrected chi connectivity index (χ2v) is 7.22. The number of rotatable bonds is 5. The predicted molar refractivity (Wildman–Crippen MR) is 101 cm³/mol. The van der Waals surface area contributed by atoms with E-state index >= 15 is 0 Å². The van der Waals surface area contributed by atoms with Gasteiger partial charge in [0.05, 0.1) is 12.3 Å². The fourth-order valence-electron chi connectivity index (χ4n) is 3.39. The van der Waals surface area contributed by atoms with Crippen LogP contribution < -0.4 is 15.0 Å². The monoisotopic (exact) mass is 374 g/mol. The van der Waals surface area contributed by atoms with Crippen molar-refractivity contribution in [3.63, 3.8) is 0 Å². The van der Waals surface area contributed by atoms with Gasteiger partial charge in [0.2, 0.25) is 5.91 Å². The molecule has 0 radical (unpaired) electrons. The van der Waals surface area contributed by atoms with Crippen molar-refractivity contribution >= 4 is 23.5 Å². The molecule has 0 spiro atoms. The SMILES string of the molecule is CCOc1ccccc1N1CCN(C(=O)CN2C(=O)NC(C)(C)C2=O)CC1. The zero-order chi connectivity index (χ0) is 19.6. The molecule has 0 aliphatic carbocycles. The highest BCUT2D eigenvalue weighted by molar-refractivity contribution is 6.08. The quantitative estimate of drug-likeness (QED) is 0.780. The Bertz CT molecular complexity index is 741. The van der Waals surface area contributed by atoms with Crippen LogP contribution in [0.5, 0.6) is 5.75 Å². The van der Waals surface area contributed by atoms with E-state index in [9.17, 15) is 14.4 Å². The molecule has 27 heavy (non-hydrogen) atoms. The molecule has 4 amide bonds. The molecule has 2 aliphatic rings. The number of imide groups is 1. The van der Waals surface area contributed by atoms with Crippen molar-refractivity contribution in [1.82, 2.24) is 15.1 Å². The summed E-state index contributed by atoms with van der Waals surface area (Å²) in [5.74, 6) is 0.250. The van der Waals surface area contributed by atoms with E-state index in [1.54, 1.807) is 18.7 Å². The van der Waals surface area contributed by atoms with Gasteiger partial charge in [-0.3, -0.25) is 14.5 Å². The molecule has 0 saturated carbocycles. The molecular weight excluding hydrogens is 348 g/mol. The zero-order valence-corrected chi connectivity index (χ0v) is 16.0. The van der Waals surface area contributed by atoms with Crippen LogP contribution in [0.1, 0.15) is 20.8 Å². The summed E-state index contributed by atoms with van der Waals surface area (Å²) in [5.41, 5.74) is 0.0567. The molecule has 0 unspecified atom stereocenters. The summed E-state index contributed by atoms with van der Waals surface area (Å²) in [6, 6.07) is 7.35. The Morgan fingerprint density at radius 1 is 1.15 bits per heavy atom. The average Bonchev–Trinajstić information content (AvgIpc) is 2.84. The maximum atomic E-state index is 12.6. The van der Waals surface area contributed by atoms with Crippen molar-refractivity contribution in [1.29, 1.82) is 0 Å². The van der Waals surface area contributed by atoms with Gasteiger partial charge in [0.25, 0.3) is 5.91 Å². The molecule has 1 aromatic rings. The minimum absolute atomic E-state index is 0.214. The van der Waals surface area contributed by atoms with Gasteiger partial charge < -0.3 is 19.9 Å². The van der Waals surface area contributed by atoms with E-state index in [1.165, 1.54) is 0 Å². The number of ether oxygens (including phenoxy) is 1. The first-order valence-electron chi connectivity index (χ1n) is 9.22. The molecule has 2 fully saturated rings. The van der Waals surface area contributed by atoms with Gasteiger partial charge in [0.15, 0.2) is 0 Å². The molecule has 8 heteroatoms. The Balaban J connectivity index is 1.59. The lowest BCUT2D eigenvalue weighted by atomic mass is 10.1. The number of urea groups is 1. The standard InChI is InChI=1S/C19H26N4O4/c1-4-27-15-8-6-5-7-14(15)21-9-11-22(12-10-21)16(24)13-23-17(25)19(2,3)20-18(23)26/h5-8H,4,9-13H2,1-3H3,(H,20,26). The number of benzene rings is 1. The van der Waals surface area contributed by atoms with Crippen molar-refractivity contribution in [3.8, 4) is 5.75 Å². The molecule has 0 bridgehead atoms. The van der Waals surface area contributed by atoms with Crippen molar-refractivity contribution in [2.75, 3.05) is 44.2 Å². The average molecular weight is 374 g/mol. The zero-order valence-electron chi connectivity index (χ0n) is 16.0. The molecule has 0 atom stereocenters. The molecule has 8 nitrogen and oxygen atoms in total. The number of para-hydroxylation sites is 2. The molecular formula is C19H26N4O4. The third kappa shape index (κ3) is 3.84. The van der Waals surface area contributed by atoms with Crippen molar-refractivity contribution in [2.24, 2.45) is 0 Å². The number of hydrogen-bond acceptors (Lipinski definition) is 5. The maximum absolute atomic E-state index is 12.6. The van der Waals surface area contributed by atoms with Crippen molar-refractivity contribution in [2.45, 2.75) is 26.3 Å². The maximum Gasteiger partial charge on any atom is 0.325 e. The molecule has 2 heterocycles. The summed E-state index contributed by atoms with van der Waals surface area (Å²) in [6.07, 6.45) is 0. The summed E-state index contributed by atoms with van der Waals surface area (Å²) in [6.45, 7) is 7.99. The van der Waals surface area contributed by atoms with E-state index < -0.39 is 11.6 Å². The number of carbonyl (C=O) groups excluding carboxylic acids is 3. The lowest BCUT2D eigenvalue weighted by molar-refractivity contribution is -0.138. The van der Waals surface area contributed by atoms with Crippen LogP contribution in [0.2, 0.25) is 0 Å². The van der Waals surface area contributed by atoms with Crippen LogP contribution in [-0.2, 0) is 9.59 Å². The van der Waals surface area contributed by atoms with E-state index in [-0.39, 0.29) is 18.4 Å². The number of anilines is 1. The Kier molecular flexibility index (Phi) is 5.25. The lowest BCUT2D eigenvalue weighted by Crippen LogP contribution is -2.52. The van der Waals surface area contributed by atoms with Gasteiger partial charge in [-0.2, -0.15) is 0 Å². The van der Waals surface area contributed by atoms with Crippen molar-refractivity contribution < 1.29 is 19.1 Å². The van der Waals surface area contributed by atoms with E-state index in [1.807, 2.05) is 31.2 Å². The van der Waals surface area contributed by atoms with Crippen LogP contribution in [0.15, 0.2) is 24.3 Å². The summed E-state index contributed by atoms with van der Waals surface area (Å²) in [7, 11) is 0. The van der Waals surface area contributed by atoms with Gasteiger partial charge in [0, 0.05) is 26.2 Å². The van der Waals surface area contributed by atoms with Gasteiger partial charge in [-0.05, 0) is 32.9 Å². The van der Waals surface area contributed by atoms with E-state index in [0.29, 0.717) is 32.8 Å². The van der Waals surface area contributed by atoms with Gasteiger partial charge >= 0.3 is 6.03 Å². The van der Waals surface area contributed by atoms with Crippen LogP contribution in [0.4, 0.5) is 10.5 Å². The Labute approximate surface area is 159 Å². The molecule has 0 aromatic heterocycles. The topological polar surface area (TPSA) is 82.2 Å². The summed E-state index contributed by atoms with van der Waals surface area (Å²) in [4.78, 5) is 41.7. The largest absolute Gasteiger partial charge is 0.492 e. The Morgan fingerprint density at radius 2 is 1.81 bits per heavy atom. The van der Waals surface area contributed by atoms with Crippen LogP contribution in [-0.4, -0.2) is 72.5 Å². The van der Waals surface area contributed by atoms with Crippen molar-refractivity contribution in [3.05, 3.63) is 24.3 Å². The Morgan fingerprint density at radius 3 is 2.41 bits per heavy atom. The third-order valence-electron chi connectivity index (χ3n) is 4.88. The molecule has 1 aromatic carbocycles. The minimum atomic E-state index is -0.959. The highest BCUT2D eigenvalue weighted by atomic mass is 16.5. The molecule has 2 aliphatic heterocycles. The third-order valence-corrected chi connectivity index (χ3v) is 4.88. The molecule has 146 valence electrons. The van der Waals surface area contributed by atoms with Gasteiger partial charge in [0.1, 0.15) is 17.8 Å². The van der Waals surface area contributed by atoms with Gasteiger partial charge in [-0.25, -0.2) is 4.79 Å². The Hall–Kier alpha value is -2.77. The first-order chi connectivity index (χ1) is 12.8. The fraction of sp³-hybridized carbons (Fsp3) is 0.526. The first kappa shape index (κ1) is 19.0. The van der Waals surface area contributed by atoms with Crippen LogP contribution >= 0.6 is 0 Å². The molecule has 2 saturated heterocycles. The summed E-state index contributed by atoms with van der Waals surface area (Å²) >= 11 is 0. The van der Waals surface area contributed by atoms with Crippen LogP contribution in [0.3, 0.4) is 0 Å². The van der Waals surface area contributed by atoms with Gasteiger partial charge in [-0.15, -0.1) is 0 Å². The number of nitrogens with zero attached hydrogens (tertiary/aromatic N) is 3. The molecule has 1 N–H and O–H groups in total.